The number of halogens is 1. The van der Waals surface area contributed by atoms with Crippen molar-refractivity contribution in [1.29, 1.82) is 0 Å². The van der Waals surface area contributed by atoms with Crippen molar-refractivity contribution in [1.82, 2.24) is 0 Å². The largest absolute Gasteiger partial charge is 0.478 e. The van der Waals surface area contributed by atoms with E-state index in [1.54, 1.807) is 12.1 Å². The molecule has 3 aromatic rings. The van der Waals surface area contributed by atoms with E-state index in [4.69, 9.17) is 11.6 Å². The Labute approximate surface area is 127 Å². The van der Waals surface area contributed by atoms with E-state index >= 15 is 0 Å². The Morgan fingerprint density at radius 2 is 1.81 bits per heavy atom. The molecule has 0 aliphatic heterocycles. The van der Waals surface area contributed by atoms with E-state index in [1.165, 1.54) is 0 Å². The van der Waals surface area contributed by atoms with Crippen molar-refractivity contribution >= 4 is 28.3 Å². The van der Waals surface area contributed by atoms with Crippen LogP contribution in [0.1, 0.15) is 15.9 Å². The molecule has 0 radical (unpaired) electrons. The van der Waals surface area contributed by atoms with Crippen molar-refractivity contribution < 1.29 is 9.90 Å². The van der Waals surface area contributed by atoms with E-state index in [2.05, 4.69) is 0 Å². The summed E-state index contributed by atoms with van der Waals surface area (Å²) >= 11 is 6.01. The second-order valence-electron chi connectivity index (χ2n) is 5.01. The third-order valence-electron chi connectivity index (χ3n) is 3.61. The van der Waals surface area contributed by atoms with Crippen LogP contribution in [0.2, 0.25) is 5.02 Å². The fourth-order valence-electron chi connectivity index (χ4n) is 2.57. The molecule has 0 fully saturated rings. The summed E-state index contributed by atoms with van der Waals surface area (Å²) in [6, 6.07) is 16.9. The van der Waals surface area contributed by atoms with Crippen molar-refractivity contribution in [3.05, 3.63) is 70.7 Å². The standard InChI is InChI=1S/C18H13ClO2/c1-11-9-14(19)7-8-15(11)16-4-2-3-12-5-6-13(18(20)21)10-17(12)16/h2-10H,1H3,(H,20,21). The van der Waals surface area contributed by atoms with Crippen LogP contribution in [0.3, 0.4) is 0 Å². The number of carboxylic acid groups (broad SMARTS) is 1. The second kappa shape index (κ2) is 5.23. The first kappa shape index (κ1) is 13.7. The highest BCUT2D eigenvalue weighted by atomic mass is 35.5. The maximum Gasteiger partial charge on any atom is 0.335 e. The van der Waals surface area contributed by atoms with Crippen LogP contribution in [-0.2, 0) is 0 Å². The lowest BCUT2D eigenvalue weighted by Gasteiger charge is -2.11. The van der Waals surface area contributed by atoms with Gasteiger partial charge in [-0.05, 0) is 58.7 Å². The molecule has 0 atom stereocenters. The van der Waals surface area contributed by atoms with Crippen molar-refractivity contribution in [2.45, 2.75) is 6.92 Å². The van der Waals surface area contributed by atoms with Crippen molar-refractivity contribution in [2.75, 3.05) is 0 Å². The van der Waals surface area contributed by atoms with Gasteiger partial charge in [-0.25, -0.2) is 4.79 Å². The molecule has 0 aliphatic rings. The van der Waals surface area contributed by atoms with E-state index in [0.29, 0.717) is 10.6 Å². The predicted molar refractivity (Wildman–Crippen MR) is 86.1 cm³/mol. The summed E-state index contributed by atoms with van der Waals surface area (Å²) in [7, 11) is 0. The van der Waals surface area contributed by atoms with Gasteiger partial charge in [-0.1, -0.05) is 41.9 Å². The van der Waals surface area contributed by atoms with Crippen molar-refractivity contribution in [3.63, 3.8) is 0 Å². The Balaban J connectivity index is 2.31. The minimum Gasteiger partial charge on any atom is -0.478 e. The number of hydrogen-bond acceptors (Lipinski definition) is 1. The second-order valence-corrected chi connectivity index (χ2v) is 5.44. The lowest BCUT2D eigenvalue weighted by Crippen LogP contribution is -1.96. The van der Waals surface area contributed by atoms with Crippen LogP contribution in [0.25, 0.3) is 21.9 Å². The number of aromatic carboxylic acids is 1. The Morgan fingerprint density at radius 3 is 2.52 bits per heavy atom. The molecule has 0 saturated heterocycles. The summed E-state index contributed by atoms with van der Waals surface area (Å²) in [6.07, 6.45) is 0. The Morgan fingerprint density at radius 1 is 1.00 bits per heavy atom. The molecule has 1 N–H and O–H groups in total. The van der Waals surface area contributed by atoms with Crippen LogP contribution in [-0.4, -0.2) is 11.1 Å². The third-order valence-corrected chi connectivity index (χ3v) is 3.84. The van der Waals surface area contributed by atoms with Crippen LogP contribution in [0.15, 0.2) is 54.6 Å². The molecule has 3 aromatic carbocycles. The normalized spacial score (nSPS) is 10.8. The fourth-order valence-corrected chi connectivity index (χ4v) is 2.80. The molecule has 0 amide bonds. The minimum absolute atomic E-state index is 0.293. The Bertz CT molecular complexity index is 853. The van der Waals surface area contributed by atoms with E-state index in [0.717, 1.165) is 27.5 Å². The zero-order valence-electron chi connectivity index (χ0n) is 11.4. The van der Waals surface area contributed by atoms with Gasteiger partial charge < -0.3 is 5.11 Å². The number of hydrogen-bond donors (Lipinski definition) is 1. The summed E-state index contributed by atoms with van der Waals surface area (Å²) in [5.74, 6) is -0.917. The van der Waals surface area contributed by atoms with Gasteiger partial charge in [0, 0.05) is 5.02 Å². The molecule has 0 aromatic heterocycles. The van der Waals surface area contributed by atoms with Crippen molar-refractivity contribution in [2.24, 2.45) is 0 Å². The van der Waals surface area contributed by atoms with Gasteiger partial charge in [-0.3, -0.25) is 0 Å². The molecular weight excluding hydrogens is 284 g/mol. The molecular formula is C18H13ClO2. The predicted octanol–water partition coefficient (Wildman–Crippen LogP) is 5.17. The first-order valence-corrected chi connectivity index (χ1v) is 6.96. The number of carbonyl (C=O) groups is 1. The highest BCUT2D eigenvalue weighted by molar-refractivity contribution is 6.30. The maximum absolute atomic E-state index is 11.2. The van der Waals surface area contributed by atoms with Crippen LogP contribution in [0, 0.1) is 6.92 Å². The van der Waals surface area contributed by atoms with Gasteiger partial charge in [0.15, 0.2) is 0 Å². The summed E-state index contributed by atoms with van der Waals surface area (Å²) in [5, 5.41) is 11.8. The van der Waals surface area contributed by atoms with Crippen LogP contribution in [0.5, 0.6) is 0 Å². The zero-order valence-corrected chi connectivity index (χ0v) is 12.2. The minimum atomic E-state index is -0.917. The summed E-state index contributed by atoms with van der Waals surface area (Å²) in [4.78, 5) is 11.2. The van der Waals surface area contributed by atoms with Gasteiger partial charge in [0.25, 0.3) is 0 Å². The molecule has 2 nitrogen and oxygen atoms in total. The first-order chi connectivity index (χ1) is 10.1. The highest BCUT2D eigenvalue weighted by Crippen LogP contribution is 2.32. The van der Waals surface area contributed by atoms with Crippen LogP contribution < -0.4 is 0 Å². The van der Waals surface area contributed by atoms with Gasteiger partial charge in [0.1, 0.15) is 0 Å². The average Bonchev–Trinajstić information content (AvgIpc) is 2.46. The molecule has 0 saturated carbocycles. The smallest absolute Gasteiger partial charge is 0.335 e. The quantitative estimate of drug-likeness (QED) is 0.708. The Kier molecular flexibility index (Phi) is 3.40. The first-order valence-electron chi connectivity index (χ1n) is 6.59. The number of aryl methyl sites for hydroxylation is 1. The highest BCUT2D eigenvalue weighted by Gasteiger charge is 2.09. The SMILES string of the molecule is Cc1cc(Cl)ccc1-c1cccc2ccc(C(=O)O)cc12. The Hall–Kier alpha value is -2.32. The number of fused-ring (bicyclic) bond motifs is 1. The number of carboxylic acids is 1. The molecule has 0 aliphatic carbocycles. The monoisotopic (exact) mass is 296 g/mol. The molecule has 3 heteroatoms. The van der Waals surface area contributed by atoms with E-state index in [-0.39, 0.29) is 0 Å². The van der Waals surface area contributed by atoms with Crippen molar-refractivity contribution in [3.8, 4) is 11.1 Å². The molecule has 104 valence electrons. The molecule has 0 heterocycles. The van der Waals surface area contributed by atoms with Crippen LogP contribution >= 0.6 is 11.6 Å². The lowest BCUT2D eigenvalue weighted by molar-refractivity contribution is 0.0697. The number of rotatable bonds is 2. The summed E-state index contributed by atoms with van der Waals surface area (Å²) in [6.45, 7) is 2.00. The lowest BCUT2D eigenvalue weighted by atomic mass is 9.94. The topological polar surface area (TPSA) is 37.3 Å². The molecule has 0 unspecified atom stereocenters. The zero-order chi connectivity index (χ0) is 15.0. The van der Waals surface area contributed by atoms with Gasteiger partial charge >= 0.3 is 5.97 Å². The maximum atomic E-state index is 11.2. The van der Waals surface area contributed by atoms with E-state index < -0.39 is 5.97 Å². The molecule has 21 heavy (non-hydrogen) atoms. The fraction of sp³-hybridized carbons (Fsp3) is 0.0556. The molecule has 3 rings (SSSR count). The van der Waals surface area contributed by atoms with Gasteiger partial charge in [0.2, 0.25) is 0 Å². The van der Waals surface area contributed by atoms with Crippen LogP contribution in [0.4, 0.5) is 0 Å². The van der Waals surface area contributed by atoms with E-state index in [9.17, 15) is 9.90 Å². The molecule has 0 spiro atoms. The van der Waals surface area contributed by atoms with Gasteiger partial charge in [0.05, 0.1) is 5.56 Å². The number of benzene rings is 3. The van der Waals surface area contributed by atoms with Gasteiger partial charge in [-0.15, -0.1) is 0 Å². The van der Waals surface area contributed by atoms with E-state index in [1.807, 2.05) is 49.4 Å². The summed E-state index contributed by atoms with van der Waals surface area (Å²) < 4.78 is 0. The third kappa shape index (κ3) is 2.50. The molecule has 0 bridgehead atoms. The average molecular weight is 297 g/mol. The van der Waals surface area contributed by atoms with Gasteiger partial charge in [-0.2, -0.15) is 0 Å². The summed E-state index contributed by atoms with van der Waals surface area (Å²) in [5.41, 5.74) is 3.44.